The fourth-order valence-corrected chi connectivity index (χ4v) is 6.00. The van der Waals surface area contributed by atoms with Gasteiger partial charge in [0.2, 0.25) is 0 Å². The number of hydrogen-bond acceptors (Lipinski definition) is 7. The quantitative estimate of drug-likeness (QED) is 0.563. The molecule has 0 bridgehead atoms. The van der Waals surface area contributed by atoms with E-state index in [0.717, 1.165) is 36.1 Å². The summed E-state index contributed by atoms with van der Waals surface area (Å²) in [5.74, 6) is -0.408. The summed E-state index contributed by atoms with van der Waals surface area (Å²) in [4.78, 5) is 31.9. The van der Waals surface area contributed by atoms with Gasteiger partial charge < -0.3 is 5.11 Å². The Morgan fingerprint density at radius 3 is 2.45 bits per heavy atom. The molecule has 1 saturated carbocycles. The monoisotopic (exact) mass is 483 g/mol. The lowest BCUT2D eigenvalue weighted by atomic mass is 10.2. The highest BCUT2D eigenvalue weighted by Crippen LogP contribution is 2.34. The zero-order valence-electron chi connectivity index (χ0n) is 17.4. The van der Waals surface area contributed by atoms with Gasteiger partial charge in [0, 0.05) is 30.8 Å². The first-order valence-corrected chi connectivity index (χ1v) is 13.5. The highest BCUT2D eigenvalue weighted by atomic mass is 32.2. The van der Waals surface area contributed by atoms with Crippen molar-refractivity contribution in [2.75, 3.05) is 28.9 Å². The zero-order valence-corrected chi connectivity index (χ0v) is 19.8. The number of carbonyl (C=O) groups excluding carboxylic acids is 1. The van der Waals surface area contributed by atoms with E-state index in [-0.39, 0.29) is 23.4 Å². The highest BCUT2D eigenvalue weighted by Gasteiger charge is 2.31. The molecule has 0 spiro atoms. The number of aromatic nitrogens is 1. The minimum absolute atomic E-state index is 0.0448. The van der Waals surface area contributed by atoms with Crippen LogP contribution in [0.15, 0.2) is 39.6 Å². The van der Waals surface area contributed by atoms with E-state index in [1.807, 2.05) is 0 Å². The first kappa shape index (κ1) is 23.6. The maximum absolute atomic E-state index is 13.4. The Morgan fingerprint density at radius 2 is 1.87 bits per heavy atom. The Kier molecular flexibility index (Phi) is 7.60. The molecule has 0 unspecified atom stereocenters. The predicted molar refractivity (Wildman–Crippen MR) is 123 cm³/mol. The average molecular weight is 484 g/mol. The van der Waals surface area contributed by atoms with Gasteiger partial charge in [0.15, 0.2) is 15.0 Å². The highest BCUT2D eigenvalue weighted by molar-refractivity contribution is 8.01. The molecule has 31 heavy (non-hydrogen) atoms. The molecular formula is C20H25N3O5S3. The molecule has 0 saturated heterocycles. The first-order valence-electron chi connectivity index (χ1n) is 9.84. The number of thioether (sulfide) groups is 1. The van der Waals surface area contributed by atoms with Gasteiger partial charge in [-0.2, -0.15) is 0 Å². The maximum atomic E-state index is 13.4. The van der Waals surface area contributed by atoms with Crippen molar-refractivity contribution in [1.29, 1.82) is 0 Å². The summed E-state index contributed by atoms with van der Waals surface area (Å²) in [7, 11) is -1.65. The number of urea groups is 1. The van der Waals surface area contributed by atoms with Crippen LogP contribution in [0.2, 0.25) is 0 Å². The Morgan fingerprint density at radius 1 is 1.23 bits per heavy atom. The number of carboxylic acid groups (broad SMARTS) is 1. The van der Waals surface area contributed by atoms with Crippen LogP contribution in [-0.2, 0) is 14.6 Å². The number of thiazole rings is 1. The molecule has 1 aliphatic carbocycles. The Balaban J connectivity index is 1.80. The third-order valence-corrected chi connectivity index (χ3v) is 8.44. The van der Waals surface area contributed by atoms with Crippen LogP contribution in [0.5, 0.6) is 0 Å². The van der Waals surface area contributed by atoms with Crippen molar-refractivity contribution < 1.29 is 23.1 Å². The standard InChI is InChI=1S/C20H25N3O5S3/c1-22(19-21-13-18(30-19)29-12-11-17(24)25)20(26)23(14-5-3-4-6-14)15-7-9-16(10-8-15)31(2,27)28/h7-10,13-14H,3-6,11-12H2,1-2H3,(H,24,25). The number of rotatable bonds is 8. The van der Waals surface area contributed by atoms with Gasteiger partial charge in [-0.05, 0) is 37.1 Å². The van der Waals surface area contributed by atoms with E-state index in [1.165, 1.54) is 40.1 Å². The van der Waals surface area contributed by atoms with E-state index in [9.17, 15) is 18.0 Å². The second-order valence-electron chi connectivity index (χ2n) is 7.37. The molecule has 1 N–H and O–H groups in total. The topological polar surface area (TPSA) is 108 Å². The van der Waals surface area contributed by atoms with Crippen molar-refractivity contribution >= 4 is 55.8 Å². The van der Waals surface area contributed by atoms with Crippen LogP contribution in [0.25, 0.3) is 0 Å². The summed E-state index contributed by atoms with van der Waals surface area (Å²) in [6.07, 6.45) is 6.73. The van der Waals surface area contributed by atoms with E-state index < -0.39 is 15.8 Å². The van der Waals surface area contributed by atoms with Gasteiger partial charge in [0.05, 0.1) is 21.7 Å². The van der Waals surface area contributed by atoms with Crippen LogP contribution in [0.1, 0.15) is 32.1 Å². The maximum Gasteiger partial charge on any atom is 0.330 e. The molecule has 1 aliphatic rings. The van der Waals surface area contributed by atoms with Crippen LogP contribution in [-0.4, -0.2) is 55.6 Å². The minimum atomic E-state index is -3.32. The number of hydrogen-bond donors (Lipinski definition) is 1. The van der Waals surface area contributed by atoms with Gasteiger partial charge in [-0.25, -0.2) is 18.2 Å². The van der Waals surface area contributed by atoms with E-state index in [1.54, 1.807) is 30.3 Å². The third-order valence-electron chi connectivity index (χ3n) is 5.05. The lowest BCUT2D eigenvalue weighted by Gasteiger charge is -2.32. The number of aliphatic carboxylic acids is 1. The summed E-state index contributed by atoms with van der Waals surface area (Å²) in [6.45, 7) is 0. The number of amides is 2. The smallest absolute Gasteiger partial charge is 0.330 e. The van der Waals surface area contributed by atoms with Gasteiger partial charge in [-0.3, -0.25) is 14.6 Å². The molecule has 0 aliphatic heterocycles. The second-order valence-corrected chi connectivity index (χ2v) is 11.8. The normalized spacial score (nSPS) is 14.5. The minimum Gasteiger partial charge on any atom is -0.481 e. The predicted octanol–water partition coefficient (Wildman–Crippen LogP) is 4.12. The first-order chi connectivity index (χ1) is 14.7. The van der Waals surface area contributed by atoms with Crippen LogP contribution in [0.3, 0.4) is 0 Å². The van der Waals surface area contributed by atoms with Gasteiger partial charge in [-0.1, -0.05) is 24.2 Å². The largest absolute Gasteiger partial charge is 0.481 e. The summed E-state index contributed by atoms with van der Waals surface area (Å²) in [5, 5.41) is 9.30. The summed E-state index contributed by atoms with van der Waals surface area (Å²) < 4.78 is 24.4. The van der Waals surface area contributed by atoms with Crippen molar-refractivity contribution in [2.45, 2.75) is 47.3 Å². The molecule has 0 atom stereocenters. The van der Waals surface area contributed by atoms with Gasteiger partial charge >= 0.3 is 12.0 Å². The van der Waals surface area contributed by atoms with Crippen molar-refractivity contribution in [3.05, 3.63) is 30.5 Å². The molecule has 3 rings (SSSR count). The molecule has 11 heteroatoms. The lowest BCUT2D eigenvalue weighted by Crippen LogP contribution is -2.46. The molecule has 1 aromatic carbocycles. The van der Waals surface area contributed by atoms with Crippen LogP contribution in [0, 0.1) is 0 Å². The van der Waals surface area contributed by atoms with Gasteiger partial charge in [0.25, 0.3) is 0 Å². The van der Waals surface area contributed by atoms with Crippen LogP contribution < -0.4 is 9.80 Å². The van der Waals surface area contributed by atoms with Crippen molar-refractivity contribution in [3.63, 3.8) is 0 Å². The lowest BCUT2D eigenvalue weighted by molar-refractivity contribution is -0.136. The number of anilines is 2. The molecular weight excluding hydrogens is 458 g/mol. The van der Waals surface area contributed by atoms with Crippen LogP contribution in [0.4, 0.5) is 15.6 Å². The summed E-state index contributed by atoms with van der Waals surface area (Å²) >= 11 is 2.74. The number of carboxylic acids is 1. The molecule has 1 fully saturated rings. The number of nitrogens with zero attached hydrogens (tertiary/aromatic N) is 3. The molecule has 1 heterocycles. The Hall–Kier alpha value is -2.11. The fraction of sp³-hybridized carbons (Fsp3) is 0.450. The van der Waals surface area contributed by atoms with Crippen molar-refractivity contribution in [2.24, 2.45) is 0 Å². The molecule has 2 aromatic rings. The van der Waals surface area contributed by atoms with Crippen LogP contribution >= 0.6 is 23.1 Å². The van der Waals surface area contributed by atoms with E-state index >= 15 is 0 Å². The molecule has 168 valence electrons. The molecule has 2 amide bonds. The molecule has 8 nitrogen and oxygen atoms in total. The van der Waals surface area contributed by atoms with Gasteiger partial charge in [0.1, 0.15) is 0 Å². The van der Waals surface area contributed by atoms with Crippen molar-refractivity contribution in [1.82, 2.24) is 4.98 Å². The molecule has 1 aromatic heterocycles. The van der Waals surface area contributed by atoms with Crippen molar-refractivity contribution in [3.8, 4) is 0 Å². The SMILES string of the molecule is CN(C(=O)N(c1ccc(S(C)(=O)=O)cc1)C1CCCC1)c1ncc(SCCC(=O)O)s1. The Bertz CT molecular complexity index is 1030. The third kappa shape index (κ3) is 5.98. The second kappa shape index (κ2) is 10.0. The summed E-state index contributed by atoms with van der Waals surface area (Å²) in [5.41, 5.74) is 0.656. The van der Waals surface area contributed by atoms with E-state index in [2.05, 4.69) is 4.98 Å². The van der Waals surface area contributed by atoms with Gasteiger partial charge in [-0.15, -0.1) is 11.8 Å². The fourth-order valence-electron chi connectivity index (χ4n) is 3.45. The Labute approximate surface area is 190 Å². The number of benzene rings is 1. The van der Waals surface area contributed by atoms with E-state index in [0.29, 0.717) is 16.6 Å². The summed E-state index contributed by atoms with van der Waals surface area (Å²) in [6, 6.07) is 6.23. The number of sulfone groups is 1. The van der Waals surface area contributed by atoms with E-state index in [4.69, 9.17) is 5.11 Å². The number of carbonyl (C=O) groups is 2. The average Bonchev–Trinajstić information content (AvgIpc) is 3.39. The molecule has 0 radical (unpaired) electrons. The zero-order chi connectivity index (χ0) is 22.6.